The minimum absolute atomic E-state index is 0.235. The Bertz CT molecular complexity index is 755. The average molecular weight is 342 g/mol. The van der Waals surface area contributed by atoms with Crippen molar-refractivity contribution in [3.05, 3.63) is 53.6 Å². The lowest BCUT2D eigenvalue weighted by atomic mass is 10.1. The third kappa shape index (κ3) is 4.97. The molecule has 0 bridgehead atoms. The monoisotopic (exact) mass is 342 g/mol. The molecule has 0 heterocycles. The molecule has 0 aliphatic heterocycles. The van der Waals surface area contributed by atoms with Crippen molar-refractivity contribution in [1.29, 1.82) is 0 Å². The molecule has 2 aromatic carbocycles. The Kier molecular flexibility index (Phi) is 6.39. The first-order valence-electron chi connectivity index (χ1n) is 8.08. The quantitative estimate of drug-likeness (QED) is 0.559. The van der Waals surface area contributed by atoms with Crippen LogP contribution in [0.1, 0.15) is 36.7 Å². The standard InChI is InChI=1S/C19H22N2O4/c1-4-24-17-11-8-15(12-18(17)25-5-2)13(3)20-21-16-9-6-14(7-10-16)19(22)23/h6-12,21H,4-5H2,1-3H3,(H,22,23)/b20-13-. The van der Waals surface area contributed by atoms with Crippen molar-refractivity contribution < 1.29 is 19.4 Å². The number of hydrogen-bond donors (Lipinski definition) is 2. The van der Waals surface area contributed by atoms with Gasteiger partial charge in [0, 0.05) is 5.56 Å². The molecule has 0 saturated carbocycles. The van der Waals surface area contributed by atoms with Crippen molar-refractivity contribution in [3.63, 3.8) is 0 Å². The lowest BCUT2D eigenvalue weighted by Crippen LogP contribution is -2.03. The molecule has 0 saturated heterocycles. The number of aromatic carboxylic acids is 1. The molecule has 6 heteroatoms. The van der Waals surface area contributed by atoms with E-state index in [0.29, 0.717) is 30.4 Å². The van der Waals surface area contributed by atoms with Gasteiger partial charge in [0.05, 0.1) is 30.2 Å². The summed E-state index contributed by atoms with van der Waals surface area (Å²) in [6.07, 6.45) is 0. The number of benzene rings is 2. The summed E-state index contributed by atoms with van der Waals surface area (Å²) >= 11 is 0. The summed E-state index contributed by atoms with van der Waals surface area (Å²) in [4.78, 5) is 10.9. The lowest BCUT2D eigenvalue weighted by molar-refractivity contribution is 0.0697. The van der Waals surface area contributed by atoms with Gasteiger partial charge in [-0.15, -0.1) is 0 Å². The van der Waals surface area contributed by atoms with E-state index in [-0.39, 0.29) is 5.56 Å². The SMILES string of the molecule is CCOc1ccc(/C(C)=N\Nc2ccc(C(=O)O)cc2)cc1OCC. The van der Waals surface area contributed by atoms with Gasteiger partial charge in [-0.3, -0.25) is 5.43 Å². The van der Waals surface area contributed by atoms with E-state index >= 15 is 0 Å². The first kappa shape index (κ1) is 18.3. The molecule has 132 valence electrons. The van der Waals surface area contributed by atoms with Gasteiger partial charge in [-0.05, 0) is 63.2 Å². The highest BCUT2D eigenvalue weighted by Crippen LogP contribution is 2.28. The second-order valence-corrected chi connectivity index (χ2v) is 5.22. The first-order chi connectivity index (χ1) is 12.0. The van der Waals surface area contributed by atoms with Crippen molar-refractivity contribution in [2.75, 3.05) is 18.6 Å². The Morgan fingerprint density at radius 3 is 2.20 bits per heavy atom. The number of ether oxygens (including phenoxy) is 2. The molecule has 0 unspecified atom stereocenters. The fourth-order valence-electron chi connectivity index (χ4n) is 2.18. The molecule has 0 atom stereocenters. The topological polar surface area (TPSA) is 80.2 Å². The highest BCUT2D eigenvalue weighted by Gasteiger charge is 2.08. The van der Waals surface area contributed by atoms with E-state index in [1.54, 1.807) is 12.1 Å². The zero-order valence-corrected chi connectivity index (χ0v) is 14.6. The zero-order chi connectivity index (χ0) is 18.2. The summed E-state index contributed by atoms with van der Waals surface area (Å²) in [5, 5.41) is 13.2. The number of anilines is 1. The molecular formula is C19H22N2O4. The summed E-state index contributed by atoms with van der Waals surface area (Å²) in [7, 11) is 0. The van der Waals surface area contributed by atoms with E-state index in [0.717, 1.165) is 11.3 Å². The van der Waals surface area contributed by atoms with Gasteiger partial charge in [0.2, 0.25) is 0 Å². The molecule has 0 amide bonds. The number of carboxylic acids is 1. The van der Waals surface area contributed by atoms with Crippen molar-refractivity contribution in [1.82, 2.24) is 0 Å². The normalized spacial score (nSPS) is 11.1. The molecular weight excluding hydrogens is 320 g/mol. The van der Waals surface area contributed by atoms with Crippen LogP contribution in [-0.2, 0) is 0 Å². The molecule has 0 fully saturated rings. The Morgan fingerprint density at radius 2 is 1.60 bits per heavy atom. The summed E-state index contributed by atoms with van der Waals surface area (Å²) < 4.78 is 11.2. The molecule has 0 aromatic heterocycles. The third-order valence-electron chi connectivity index (χ3n) is 3.45. The minimum Gasteiger partial charge on any atom is -0.490 e. The maximum absolute atomic E-state index is 10.9. The summed E-state index contributed by atoms with van der Waals surface area (Å²) in [6.45, 7) is 6.85. The Balaban J connectivity index is 2.15. The van der Waals surface area contributed by atoms with Crippen LogP contribution in [0.5, 0.6) is 11.5 Å². The fraction of sp³-hybridized carbons (Fsp3) is 0.263. The van der Waals surface area contributed by atoms with Crippen LogP contribution >= 0.6 is 0 Å². The number of carbonyl (C=O) groups is 1. The smallest absolute Gasteiger partial charge is 0.335 e. The third-order valence-corrected chi connectivity index (χ3v) is 3.45. The van der Waals surface area contributed by atoms with E-state index in [1.165, 1.54) is 12.1 Å². The number of hydrogen-bond acceptors (Lipinski definition) is 5. The maximum Gasteiger partial charge on any atom is 0.335 e. The first-order valence-corrected chi connectivity index (χ1v) is 8.08. The second-order valence-electron chi connectivity index (χ2n) is 5.22. The zero-order valence-electron chi connectivity index (χ0n) is 14.6. The van der Waals surface area contributed by atoms with Crippen molar-refractivity contribution in [3.8, 4) is 11.5 Å². The number of rotatable bonds is 8. The van der Waals surface area contributed by atoms with Gasteiger partial charge in [0.1, 0.15) is 0 Å². The number of hydrazone groups is 1. The van der Waals surface area contributed by atoms with Gasteiger partial charge < -0.3 is 14.6 Å². The number of nitrogens with one attached hydrogen (secondary N) is 1. The summed E-state index contributed by atoms with van der Waals surface area (Å²) in [6, 6.07) is 12.1. The van der Waals surface area contributed by atoms with Crippen LogP contribution in [0.2, 0.25) is 0 Å². The van der Waals surface area contributed by atoms with Crippen LogP contribution in [0, 0.1) is 0 Å². The van der Waals surface area contributed by atoms with Crippen molar-refractivity contribution in [2.24, 2.45) is 5.10 Å². The predicted octanol–water partition coefficient (Wildman–Crippen LogP) is 4.02. The van der Waals surface area contributed by atoms with Crippen LogP contribution in [0.3, 0.4) is 0 Å². The van der Waals surface area contributed by atoms with Gasteiger partial charge in [-0.2, -0.15) is 5.10 Å². The lowest BCUT2D eigenvalue weighted by Gasteiger charge is -2.12. The van der Waals surface area contributed by atoms with E-state index in [9.17, 15) is 4.79 Å². The van der Waals surface area contributed by atoms with Gasteiger partial charge in [-0.1, -0.05) is 0 Å². The Labute approximate surface area is 147 Å². The molecule has 2 N–H and O–H groups in total. The largest absolute Gasteiger partial charge is 0.490 e. The molecule has 0 aliphatic rings. The summed E-state index contributed by atoms with van der Waals surface area (Å²) in [5.41, 5.74) is 5.54. The van der Waals surface area contributed by atoms with E-state index in [1.807, 2.05) is 39.0 Å². The molecule has 6 nitrogen and oxygen atoms in total. The van der Waals surface area contributed by atoms with Gasteiger partial charge >= 0.3 is 5.97 Å². The molecule has 0 aliphatic carbocycles. The summed E-state index contributed by atoms with van der Waals surface area (Å²) in [5.74, 6) is 0.435. The Morgan fingerprint density at radius 1 is 1.00 bits per heavy atom. The van der Waals surface area contributed by atoms with Gasteiger partial charge in [-0.25, -0.2) is 4.79 Å². The average Bonchev–Trinajstić information content (AvgIpc) is 2.62. The highest BCUT2D eigenvalue weighted by molar-refractivity contribution is 5.99. The van der Waals surface area contributed by atoms with Crippen LogP contribution < -0.4 is 14.9 Å². The fourth-order valence-corrected chi connectivity index (χ4v) is 2.18. The van der Waals surface area contributed by atoms with Crippen molar-refractivity contribution in [2.45, 2.75) is 20.8 Å². The molecule has 0 radical (unpaired) electrons. The molecule has 2 rings (SSSR count). The number of nitrogens with zero attached hydrogens (tertiary/aromatic N) is 1. The molecule has 25 heavy (non-hydrogen) atoms. The van der Waals surface area contributed by atoms with Crippen LogP contribution in [0.25, 0.3) is 0 Å². The predicted molar refractivity (Wildman–Crippen MR) is 98.0 cm³/mol. The van der Waals surface area contributed by atoms with E-state index < -0.39 is 5.97 Å². The van der Waals surface area contributed by atoms with Gasteiger partial charge in [0.15, 0.2) is 11.5 Å². The van der Waals surface area contributed by atoms with Crippen LogP contribution in [0.15, 0.2) is 47.6 Å². The van der Waals surface area contributed by atoms with E-state index in [4.69, 9.17) is 14.6 Å². The number of carboxylic acid groups (broad SMARTS) is 1. The molecule has 2 aromatic rings. The molecule has 0 spiro atoms. The second kappa shape index (κ2) is 8.73. The van der Waals surface area contributed by atoms with E-state index in [2.05, 4.69) is 10.5 Å². The van der Waals surface area contributed by atoms with Crippen molar-refractivity contribution >= 4 is 17.4 Å². The maximum atomic E-state index is 10.9. The van der Waals surface area contributed by atoms with Gasteiger partial charge in [0.25, 0.3) is 0 Å². The minimum atomic E-state index is -0.955. The van der Waals surface area contributed by atoms with Crippen LogP contribution in [-0.4, -0.2) is 30.0 Å². The Hall–Kier alpha value is -3.02. The highest BCUT2D eigenvalue weighted by atomic mass is 16.5. The van der Waals surface area contributed by atoms with Crippen LogP contribution in [0.4, 0.5) is 5.69 Å².